The van der Waals surface area contributed by atoms with Crippen LogP contribution in [0, 0.1) is 12.8 Å². The van der Waals surface area contributed by atoms with Gasteiger partial charge in [0.05, 0.1) is 0 Å². The minimum absolute atomic E-state index is 0.0252. The molecule has 5 heteroatoms. The third-order valence-corrected chi connectivity index (χ3v) is 5.73. The summed E-state index contributed by atoms with van der Waals surface area (Å²) < 4.78 is 1.62. The molecule has 1 saturated heterocycles. The van der Waals surface area contributed by atoms with Crippen LogP contribution in [0.25, 0.3) is 5.65 Å². The van der Waals surface area contributed by atoms with Gasteiger partial charge in [-0.15, -0.1) is 0 Å². The molecule has 0 amide bonds. The number of nitrogens with zero attached hydrogens (tertiary/aromatic N) is 3. The number of carbonyl (C=O) groups excluding carboxylic acids is 1. The average molecular weight is 375 g/mol. The lowest BCUT2D eigenvalue weighted by Crippen LogP contribution is -2.38. The molecule has 0 aliphatic carbocycles. The quantitative estimate of drug-likeness (QED) is 0.643. The molecule has 1 fully saturated rings. The molecule has 2 aromatic heterocycles. The standard InChI is InChI=1S/C23H25N3O2/c1-17-20(23(28)26-13-6-5-9-21(26)24-17)12-16-25-14-10-19(11-15-25)22(27)18-7-3-2-4-8-18/h2-9,13,19H,10-12,14-16H2,1H3. The maximum absolute atomic E-state index is 12.8. The molecule has 0 saturated carbocycles. The predicted octanol–water partition coefficient (Wildman–Crippen LogP) is 3.14. The highest BCUT2D eigenvalue weighted by Gasteiger charge is 2.25. The first kappa shape index (κ1) is 18.6. The number of hydrogen-bond donors (Lipinski definition) is 0. The smallest absolute Gasteiger partial charge is 0.261 e. The molecule has 1 aliphatic heterocycles. The van der Waals surface area contributed by atoms with E-state index in [9.17, 15) is 9.59 Å². The molecule has 4 rings (SSSR count). The maximum atomic E-state index is 12.8. The lowest BCUT2D eigenvalue weighted by molar-refractivity contribution is 0.0841. The van der Waals surface area contributed by atoms with Crippen LogP contribution in [0.3, 0.4) is 0 Å². The summed E-state index contributed by atoms with van der Waals surface area (Å²) in [7, 11) is 0. The van der Waals surface area contributed by atoms with Gasteiger partial charge in [0.25, 0.3) is 5.56 Å². The largest absolute Gasteiger partial charge is 0.303 e. The van der Waals surface area contributed by atoms with Crippen LogP contribution in [0.1, 0.15) is 34.5 Å². The van der Waals surface area contributed by atoms with E-state index in [-0.39, 0.29) is 17.3 Å². The molecule has 1 aliphatic rings. The van der Waals surface area contributed by atoms with E-state index in [1.807, 2.05) is 55.5 Å². The summed E-state index contributed by atoms with van der Waals surface area (Å²) in [6.45, 7) is 4.52. The number of rotatable bonds is 5. The van der Waals surface area contributed by atoms with Gasteiger partial charge in [-0.05, 0) is 51.4 Å². The summed E-state index contributed by atoms with van der Waals surface area (Å²) in [5.74, 6) is 0.362. The number of hydrogen-bond acceptors (Lipinski definition) is 4. The SMILES string of the molecule is Cc1nc2ccccn2c(=O)c1CCN1CCC(C(=O)c2ccccc2)CC1. The summed E-state index contributed by atoms with van der Waals surface area (Å²) in [4.78, 5) is 32.3. The van der Waals surface area contributed by atoms with E-state index in [4.69, 9.17) is 0 Å². The number of pyridine rings is 1. The Balaban J connectivity index is 1.38. The van der Waals surface area contributed by atoms with Crippen molar-refractivity contribution in [3.05, 3.63) is 81.9 Å². The molecule has 0 bridgehead atoms. The minimum atomic E-state index is 0.0252. The Morgan fingerprint density at radius 2 is 1.79 bits per heavy atom. The molecular weight excluding hydrogens is 350 g/mol. The van der Waals surface area contributed by atoms with Crippen molar-refractivity contribution in [3.63, 3.8) is 0 Å². The molecule has 0 radical (unpaired) electrons. The summed E-state index contributed by atoms with van der Waals surface area (Å²) in [5.41, 5.74) is 3.12. The molecule has 1 aromatic carbocycles. The van der Waals surface area contributed by atoms with Gasteiger partial charge in [0.1, 0.15) is 5.65 Å². The number of ketones is 1. The van der Waals surface area contributed by atoms with Crippen LogP contribution in [0.5, 0.6) is 0 Å². The van der Waals surface area contributed by atoms with Crippen LogP contribution < -0.4 is 5.56 Å². The average Bonchev–Trinajstić information content (AvgIpc) is 2.74. The Morgan fingerprint density at radius 1 is 1.07 bits per heavy atom. The Kier molecular flexibility index (Phi) is 5.35. The fourth-order valence-electron chi connectivity index (χ4n) is 4.05. The predicted molar refractivity (Wildman–Crippen MR) is 110 cm³/mol. The van der Waals surface area contributed by atoms with Crippen LogP contribution in [0.2, 0.25) is 0 Å². The topological polar surface area (TPSA) is 54.7 Å². The van der Waals surface area contributed by atoms with E-state index in [1.165, 1.54) is 0 Å². The van der Waals surface area contributed by atoms with E-state index in [0.717, 1.165) is 49.3 Å². The molecule has 0 atom stereocenters. The molecular formula is C23H25N3O2. The molecule has 0 spiro atoms. The van der Waals surface area contributed by atoms with Crippen molar-refractivity contribution in [3.8, 4) is 0 Å². The van der Waals surface area contributed by atoms with Gasteiger partial charge in [0.15, 0.2) is 5.78 Å². The highest BCUT2D eigenvalue weighted by molar-refractivity contribution is 5.97. The van der Waals surface area contributed by atoms with Crippen molar-refractivity contribution < 1.29 is 4.79 Å². The van der Waals surface area contributed by atoms with Crippen LogP contribution in [0.4, 0.5) is 0 Å². The van der Waals surface area contributed by atoms with Crippen molar-refractivity contribution in [2.24, 2.45) is 5.92 Å². The highest BCUT2D eigenvalue weighted by atomic mass is 16.1. The normalized spacial score (nSPS) is 15.8. The monoisotopic (exact) mass is 375 g/mol. The van der Waals surface area contributed by atoms with E-state index in [1.54, 1.807) is 10.6 Å². The van der Waals surface area contributed by atoms with Crippen molar-refractivity contribution in [2.45, 2.75) is 26.2 Å². The third-order valence-electron chi connectivity index (χ3n) is 5.73. The van der Waals surface area contributed by atoms with Gasteiger partial charge in [-0.25, -0.2) is 4.98 Å². The van der Waals surface area contributed by atoms with Crippen LogP contribution >= 0.6 is 0 Å². The van der Waals surface area contributed by atoms with Gasteiger partial charge in [-0.3, -0.25) is 14.0 Å². The first-order valence-electron chi connectivity index (χ1n) is 9.92. The van der Waals surface area contributed by atoms with Gasteiger partial charge in [-0.2, -0.15) is 0 Å². The fraction of sp³-hybridized carbons (Fsp3) is 0.348. The Labute approximate surface area is 164 Å². The highest BCUT2D eigenvalue weighted by Crippen LogP contribution is 2.22. The zero-order valence-corrected chi connectivity index (χ0v) is 16.2. The fourth-order valence-corrected chi connectivity index (χ4v) is 4.05. The van der Waals surface area contributed by atoms with Crippen LogP contribution in [-0.4, -0.2) is 39.7 Å². The van der Waals surface area contributed by atoms with E-state index in [2.05, 4.69) is 9.88 Å². The third kappa shape index (κ3) is 3.76. The number of fused-ring (bicyclic) bond motifs is 1. The second kappa shape index (κ2) is 8.07. The second-order valence-corrected chi connectivity index (χ2v) is 7.51. The number of aryl methyl sites for hydroxylation is 1. The molecule has 0 unspecified atom stereocenters. The molecule has 5 nitrogen and oxygen atoms in total. The van der Waals surface area contributed by atoms with Gasteiger partial charge < -0.3 is 4.90 Å². The minimum Gasteiger partial charge on any atom is -0.303 e. The van der Waals surface area contributed by atoms with Gasteiger partial charge in [0.2, 0.25) is 0 Å². The number of benzene rings is 1. The van der Waals surface area contributed by atoms with Crippen molar-refractivity contribution >= 4 is 11.4 Å². The Morgan fingerprint density at radius 3 is 2.54 bits per heavy atom. The van der Waals surface area contributed by atoms with Gasteiger partial charge in [0, 0.05) is 35.5 Å². The number of carbonyl (C=O) groups is 1. The van der Waals surface area contributed by atoms with Crippen LogP contribution in [0.15, 0.2) is 59.5 Å². The van der Waals surface area contributed by atoms with E-state index in [0.29, 0.717) is 12.1 Å². The number of Topliss-reactive ketones (excluding diaryl/α,β-unsaturated/α-hetero) is 1. The van der Waals surface area contributed by atoms with Gasteiger partial charge >= 0.3 is 0 Å². The number of piperidine rings is 1. The second-order valence-electron chi connectivity index (χ2n) is 7.51. The zero-order valence-electron chi connectivity index (χ0n) is 16.2. The summed E-state index contributed by atoms with van der Waals surface area (Å²) in [5, 5.41) is 0. The summed E-state index contributed by atoms with van der Waals surface area (Å²) in [6, 6.07) is 15.2. The van der Waals surface area contributed by atoms with Crippen LogP contribution in [-0.2, 0) is 6.42 Å². The first-order valence-corrected chi connectivity index (χ1v) is 9.92. The summed E-state index contributed by atoms with van der Waals surface area (Å²) in [6.07, 6.45) is 4.21. The first-order chi connectivity index (χ1) is 13.6. The van der Waals surface area contributed by atoms with E-state index < -0.39 is 0 Å². The summed E-state index contributed by atoms with van der Waals surface area (Å²) >= 11 is 0. The number of likely N-dealkylation sites (tertiary alicyclic amines) is 1. The zero-order chi connectivity index (χ0) is 19.5. The van der Waals surface area contributed by atoms with E-state index >= 15 is 0 Å². The van der Waals surface area contributed by atoms with Crippen molar-refractivity contribution in [2.75, 3.05) is 19.6 Å². The number of aromatic nitrogens is 2. The molecule has 3 heterocycles. The molecule has 0 N–H and O–H groups in total. The lowest BCUT2D eigenvalue weighted by Gasteiger charge is -2.31. The van der Waals surface area contributed by atoms with Crippen molar-refractivity contribution in [1.29, 1.82) is 0 Å². The Bertz CT molecular complexity index is 1030. The van der Waals surface area contributed by atoms with Gasteiger partial charge in [-0.1, -0.05) is 36.4 Å². The Hall–Kier alpha value is -2.79. The molecule has 144 valence electrons. The van der Waals surface area contributed by atoms with Crippen molar-refractivity contribution in [1.82, 2.24) is 14.3 Å². The maximum Gasteiger partial charge on any atom is 0.261 e. The lowest BCUT2D eigenvalue weighted by atomic mass is 9.89. The molecule has 28 heavy (non-hydrogen) atoms. The molecule has 3 aromatic rings.